The summed E-state index contributed by atoms with van der Waals surface area (Å²) < 4.78 is 10.5. The lowest BCUT2D eigenvalue weighted by molar-refractivity contribution is 0.103. The van der Waals surface area contributed by atoms with Gasteiger partial charge in [-0.15, -0.1) is 0 Å². The van der Waals surface area contributed by atoms with E-state index in [1.807, 2.05) is 6.07 Å². The van der Waals surface area contributed by atoms with Crippen LogP contribution in [0.15, 0.2) is 72.8 Å². The molecule has 0 aliphatic rings. The highest BCUT2D eigenvalue weighted by Crippen LogP contribution is 2.26. The van der Waals surface area contributed by atoms with Crippen molar-refractivity contribution in [2.75, 3.05) is 12.4 Å². The van der Waals surface area contributed by atoms with Gasteiger partial charge in [0, 0.05) is 11.1 Å². The molecular weight excluding hydrogens is 366 g/mol. The summed E-state index contributed by atoms with van der Waals surface area (Å²) in [7, 11) is 1.51. The van der Waals surface area contributed by atoms with Gasteiger partial charge in [-0.1, -0.05) is 54.1 Å². The standard InChI is InChI=1S/C21H16ClNO4/c1-26-19-10-6-5-9-18(19)23-21(25)27-15-11-12-17(22)16(13-15)20(24)14-7-3-2-4-8-14/h2-13H,1H3,(H,23,25). The number of hydrogen-bond acceptors (Lipinski definition) is 4. The van der Waals surface area contributed by atoms with Crippen molar-refractivity contribution in [1.82, 2.24) is 0 Å². The normalized spacial score (nSPS) is 10.1. The number of nitrogens with one attached hydrogen (secondary N) is 1. The van der Waals surface area contributed by atoms with Crippen LogP contribution in [0.5, 0.6) is 11.5 Å². The van der Waals surface area contributed by atoms with E-state index in [2.05, 4.69) is 5.32 Å². The summed E-state index contributed by atoms with van der Waals surface area (Å²) in [6.07, 6.45) is -0.708. The molecular formula is C21H16ClNO4. The molecule has 5 nitrogen and oxygen atoms in total. The van der Waals surface area contributed by atoms with Crippen molar-refractivity contribution in [2.45, 2.75) is 0 Å². The van der Waals surface area contributed by atoms with E-state index in [-0.39, 0.29) is 22.1 Å². The quantitative estimate of drug-likeness (QED) is 0.617. The highest BCUT2D eigenvalue weighted by atomic mass is 35.5. The molecule has 0 saturated heterocycles. The van der Waals surface area contributed by atoms with Crippen molar-refractivity contribution in [3.8, 4) is 11.5 Å². The first-order valence-corrected chi connectivity index (χ1v) is 8.47. The van der Waals surface area contributed by atoms with E-state index in [9.17, 15) is 9.59 Å². The number of amides is 1. The monoisotopic (exact) mass is 381 g/mol. The van der Waals surface area contributed by atoms with Gasteiger partial charge >= 0.3 is 6.09 Å². The fourth-order valence-electron chi connectivity index (χ4n) is 2.48. The number of halogens is 1. The minimum absolute atomic E-state index is 0.200. The number of hydrogen-bond donors (Lipinski definition) is 1. The largest absolute Gasteiger partial charge is 0.495 e. The van der Waals surface area contributed by atoms with Crippen LogP contribution in [0, 0.1) is 0 Å². The first-order valence-electron chi connectivity index (χ1n) is 8.09. The molecule has 0 unspecified atom stereocenters. The lowest BCUT2D eigenvalue weighted by Crippen LogP contribution is -2.17. The third-order valence-corrected chi connectivity index (χ3v) is 4.10. The van der Waals surface area contributed by atoms with E-state index in [0.29, 0.717) is 17.0 Å². The van der Waals surface area contributed by atoms with Crippen molar-refractivity contribution in [2.24, 2.45) is 0 Å². The van der Waals surface area contributed by atoms with Gasteiger partial charge < -0.3 is 9.47 Å². The molecule has 0 saturated carbocycles. The van der Waals surface area contributed by atoms with Crippen molar-refractivity contribution in [1.29, 1.82) is 0 Å². The van der Waals surface area contributed by atoms with Crippen LogP contribution in [0.1, 0.15) is 15.9 Å². The minimum atomic E-state index is -0.708. The van der Waals surface area contributed by atoms with Crippen LogP contribution in [0.2, 0.25) is 5.02 Å². The topological polar surface area (TPSA) is 64.6 Å². The third kappa shape index (κ3) is 4.46. The molecule has 6 heteroatoms. The average molecular weight is 382 g/mol. The van der Waals surface area contributed by atoms with Gasteiger partial charge in [0.25, 0.3) is 0 Å². The summed E-state index contributed by atoms with van der Waals surface area (Å²) in [5.74, 6) is 0.452. The summed E-state index contributed by atoms with van der Waals surface area (Å²) in [5.41, 5.74) is 1.22. The van der Waals surface area contributed by atoms with Crippen LogP contribution in [-0.4, -0.2) is 19.0 Å². The molecule has 27 heavy (non-hydrogen) atoms. The molecule has 0 heterocycles. The van der Waals surface area contributed by atoms with Crippen LogP contribution >= 0.6 is 11.6 Å². The molecule has 136 valence electrons. The van der Waals surface area contributed by atoms with Gasteiger partial charge in [-0.25, -0.2) is 4.79 Å². The number of ketones is 1. The van der Waals surface area contributed by atoms with Crippen molar-refractivity contribution in [3.63, 3.8) is 0 Å². The Hall–Kier alpha value is -3.31. The lowest BCUT2D eigenvalue weighted by atomic mass is 10.0. The maximum absolute atomic E-state index is 12.6. The van der Waals surface area contributed by atoms with Crippen LogP contribution in [0.4, 0.5) is 10.5 Å². The van der Waals surface area contributed by atoms with E-state index in [4.69, 9.17) is 21.1 Å². The van der Waals surface area contributed by atoms with Gasteiger partial charge in [0.2, 0.25) is 0 Å². The van der Waals surface area contributed by atoms with Gasteiger partial charge in [0.05, 0.1) is 17.8 Å². The number of anilines is 1. The van der Waals surface area contributed by atoms with E-state index >= 15 is 0 Å². The maximum atomic E-state index is 12.6. The van der Waals surface area contributed by atoms with Crippen LogP contribution in [-0.2, 0) is 0 Å². The summed E-state index contributed by atoms with van der Waals surface area (Å²) in [5, 5.41) is 2.88. The zero-order chi connectivity index (χ0) is 19.2. The van der Waals surface area contributed by atoms with E-state index in [0.717, 1.165) is 0 Å². The van der Waals surface area contributed by atoms with E-state index in [1.54, 1.807) is 48.5 Å². The second kappa shape index (κ2) is 8.38. The molecule has 0 bridgehead atoms. The Balaban J connectivity index is 1.78. The average Bonchev–Trinajstić information content (AvgIpc) is 2.70. The molecule has 3 aromatic carbocycles. The second-order valence-electron chi connectivity index (χ2n) is 5.55. The minimum Gasteiger partial charge on any atom is -0.495 e. The van der Waals surface area contributed by atoms with Crippen molar-refractivity contribution in [3.05, 3.63) is 88.9 Å². The number of ether oxygens (including phenoxy) is 2. The van der Waals surface area contributed by atoms with Gasteiger partial charge in [-0.3, -0.25) is 10.1 Å². The molecule has 0 radical (unpaired) electrons. The predicted octanol–water partition coefficient (Wildman–Crippen LogP) is 5.19. The van der Waals surface area contributed by atoms with E-state index < -0.39 is 6.09 Å². The molecule has 0 aromatic heterocycles. The van der Waals surface area contributed by atoms with Crippen LogP contribution in [0.3, 0.4) is 0 Å². The van der Waals surface area contributed by atoms with E-state index in [1.165, 1.54) is 25.3 Å². The SMILES string of the molecule is COc1ccccc1NC(=O)Oc1ccc(Cl)c(C(=O)c2ccccc2)c1. The molecule has 0 fully saturated rings. The molecule has 1 amide bonds. The Morgan fingerprint density at radius 3 is 2.37 bits per heavy atom. The fraction of sp³-hybridized carbons (Fsp3) is 0.0476. The number of carbonyl (C=O) groups excluding carboxylic acids is 2. The smallest absolute Gasteiger partial charge is 0.417 e. The van der Waals surface area contributed by atoms with Gasteiger partial charge in [-0.2, -0.15) is 0 Å². The predicted molar refractivity (Wildman–Crippen MR) is 104 cm³/mol. The van der Waals surface area contributed by atoms with Gasteiger partial charge in [-0.05, 0) is 30.3 Å². The fourth-order valence-corrected chi connectivity index (χ4v) is 2.68. The van der Waals surface area contributed by atoms with Gasteiger partial charge in [0.15, 0.2) is 5.78 Å². The first kappa shape index (κ1) is 18.5. The summed E-state index contributed by atoms with van der Waals surface area (Å²) in [4.78, 5) is 24.8. The highest BCUT2D eigenvalue weighted by Gasteiger charge is 2.15. The Kier molecular flexibility index (Phi) is 5.74. The van der Waals surface area contributed by atoms with Gasteiger partial charge in [0.1, 0.15) is 11.5 Å². The summed E-state index contributed by atoms with van der Waals surface area (Å²) in [6, 6.07) is 20.2. The zero-order valence-electron chi connectivity index (χ0n) is 14.4. The number of para-hydroxylation sites is 2. The molecule has 1 N–H and O–H groups in total. The number of methoxy groups -OCH3 is 1. The summed E-state index contributed by atoms with van der Waals surface area (Å²) in [6.45, 7) is 0. The number of benzene rings is 3. The zero-order valence-corrected chi connectivity index (χ0v) is 15.2. The third-order valence-electron chi connectivity index (χ3n) is 3.77. The molecule has 0 atom stereocenters. The Morgan fingerprint density at radius 1 is 0.926 bits per heavy atom. The maximum Gasteiger partial charge on any atom is 0.417 e. The molecule has 3 rings (SSSR count). The van der Waals surface area contributed by atoms with Crippen LogP contribution < -0.4 is 14.8 Å². The Bertz CT molecular complexity index is 973. The summed E-state index contributed by atoms with van der Waals surface area (Å²) >= 11 is 6.15. The Morgan fingerprint density at radius 2 is 1.63 bits per heavy atom. The Labute approximate surface area is 161 Å². The lowest BCUT2D eigenvalue weighted by Gasteiger charge is -2.11. The van der Waals surface area contributed by atoms with Crippen molar-refractivity contribution >= 4 is 29.2 Å². The molecule has 0 aliphatic heterocycles. The number of carbonyl (C=O) groups is 2. The van der Waals surface area contributed by atoms with Crippen molar-refractivity contribution < 1.29 is 19.1 Å². The molecule has 0 aliphatic carbocycles. The molecule has 3 aromatic rings. The first-order chi connectivity index (χ1) is 13.1. The second-order valence-corrected chi connectivity index (χ2v) is 5.96. The number of rotatable bonds is 5. The molecule has 0 spiro atoms. The highest BCUT2D eigenvalue weighted by molar-refractivity contribution is 6.35. The van der Waals surface area contributed by atoms with Crippen LogP contribution in [0.25, 0.3) is 0 Å².